The highest BCUT2D eigenvalue weighted by Gasteiger charge is 2.20. The molecule has 2 aromatic rings. The molecule has 1 heterocycles. The van der Waals surface area contributed by atoms with Crippen molar-refractivity contribution in [3.8, 4) is 0 Å². The summed E-state index contributed by atoms with van der Waals surface area (Å²) in [6.07, 6.45) is 4.49. The number of benzene rings is 1. The Morgan fingerprint density at radius 2 is 2.00 bits per heavy atom. The summed E-state index contributed by atoms with van der Waals surface area (Å²) in [5.41, 5.74) is 2.16. The van der Waals surface area contributed by atoms with E-state index in [1.54, 1.807) is 20.0 Å². The standard InChI is InChI=1S/C15H21N3O2S/c1-4-5-8-13-9-6-7-10-14(13)17-21(19,20)15-11-18(3)16-12(15)2/h6-7,9-11,17H,4-5,8H2,1-3H3. The Balaban J connectivity index is 2.31. The van der Waals surface area contributed by atoms with Crippen LogP contribution in [0.1, 0.15) is 31.0 Å². The van der Waals surface area contributed by atoms with Crippen LogP contribution in [0.2, 0.25) is 0 Å². The van der Waals surface area contributed by atoms with Gasteiger partial charge in [0, 0.05) is 13.2 Å². The lowest BCUT2D eigenvalue weighted by molar-refractivity contribution is 0.600. The lowest BCUT2D eigenvalue weighted by Crippen LogP contribution is -2.14. The molecule has 6 heteroatoms. The van der Waals surface area contributed by atoms with Crippen LogP contribution in [0.15, 0.2) is 35.4 Å². The summed E-state index contributed by atoms with van der Waals surface area (Å²) in [4.78, 5) is 0.218. The summed E-state index contributed by atoms with van der Waals surface area (Å²) in [6, 6.07) is 7.53. The van der Waals surface area contributed by atoms with E-state index in [0.717, 1.165) is 24.8 Å². The van der Waals surface area contributed by atoms with Crippen molar-refractivity contribution in [2.24, 2.45) is 7.05 Å². The molecule has 0 saturated heterocycles. The minimum atomic E-state index is -3.60. The minimum absolute atomic E-state index is 0.218. The second-order valence-corrected chi connectivity index (χ2v) is 6.77. The Kier molecular flexibility index (Phi) is 4.67. The zero-order valence-corrected chi connectivity index (χ0v) is 13.4. The monoisotopic (exact) mass is 307 g/mol. The molecule has 0 unspecified atom stereocenters. The van der Waals surface area contributed by atoms with Gasteiger partial charge in [0.05, 0.1) is 11.4 Å². The SMILES string of the molecule is CCCCc1ccccc1NS(=O)(=O)c1cn(C)nc1C. The van der Waals surface area contributed by atoms with E-state index in [0.29, 0.717) is 11.4 Å². The van der Waals surface area contributed by atoms with Gasteiger partial charge >= 0.3 is 0 Å². The molecule has 0 saturated carbocycles. The second kappa shape index (κ2) is 6.30. The van der Waals surface area contributed by atoms with Gasteiger partial charge in [0.15, 0.2) is 0 Å². The van der Waals surface area contributed by atoms with Crippen LogP contribution in [0.3, 0.4) is 0 Å². The fourth-order valence-electron chi connectivity index (χ4n) is 2.25. The maximum atomic E-state index is 12.5. The van der Waals surface area contributed by atoms with E-state index >= 15 is 0 Å². The molecular formula is C15H21N3O2S. The third-order valence-electron chi connectivity index (χ3n) is 3.32. The second-order valence-electron chi connectivity index (χ2n) is 5.12. The van der Waals surface area contributed by atoms with E-state index in [-0.39, 0.29) is 4.90 Å². The topological polar surface area (TPSA) is 64.0 Å². The van der Waals surface area contributed by atoms with Gasteiger partial charge in [-0.3, -0.25) is 9.40 Å². The number of aryl methyl sites for hydroxylation is 3. The van der Waals surface area contributed by atoms with Gasteiger partial charge in [0.25, 0.3) is 10.0 Å². The molecule has 2 rings (SSSR count). The van der Waals surface area contributed by atoms with Crippen LogP contribution < -0.4 is 4.72 Å². The molecule has 5 nitrogen and oxygen atoms in total. The first-order valence-corrected chi connectivity index (χ1v) is 8.53. The smallest absolute Gasteiger partial charge is 0.265 e. The summed E-state index contributed by atoms with van der Waals surface area (Å²) in [7, 11) is -1.89. The maximum Gasteiger partial charge on any atom is 0.265 e. The van der Waals surface area contributed by atoms with Crippen LogP contribution in [0.4, 0.5) is 5.69 Å². The van der Waals surface area contributed by atoms with Crippen LogP contribution >= 0.6 is 0 Å². The number of nitrogens with one attached hydrogen (secondary N) is 1. The first kappa shape index (κ1) is 15.6. The van der Waals surface area contributed by atoms with Crippen molar-refractivity contribution in [2.75, 3.05) is 4.72 Å². The number of para-hydroxylation sites is 1. The number of rotatable bonds is 6. The highest BCUT2D eigenvalue weighted by molar-refractivity contribution is 7.92. The molecular weight excluding hydrogens is 286 g/mol. The number of unbranched alkanes of at least 4 members (excludes halogenated alkanes) is 1. The Bertz CT molecular complexity index is 720. The Hall–Kier alpha value is -1.82. The number of hydrogen-bond donors (Lipinski definition) is 1. The van der Waals surface area contributed by atoms with Gasteiger partial charge in [-0.2, -0.15) is 5.10 Å². The molecule has 0 aliphatic heterocycles. The van der Waals surface area contributed by atoms with Crippen molar-refractivity contribution < 1.29 is 8.42 Å². The molecule has 0 aliphatic rings. The highest BCUT2D eigenvalue weighted by Crippen LogP contribution is 2.22. The first-order valence-electron chi connectivity index (χ1n) is 7.05. The Labute approximate surface area is 126 Å². The first-order chi connectivity index (χ1) is 9.94. The molecule has 0 bridgehead atoms. The van der Waals surface area contributed by atoms with Gasteiger partial charge in [0.1, 0.15) is 4.90 Å². The van der Waals surface area contributed by atoms with Crippen LogP contribution in [0, 0.1) is 6.92 Å². The molecule has 1 aromatic carbocycles. The van der Waals surface area contributed by atoms with Crippen molar-refractivity contribution >= 4 is 15.7 Å². The van der Waals surface area contributed by atoms with Crippen LogP contribution in [0.25, 0.3) is 0 Å². The molecule has 1 aromatic heterocycles. The number of aromatic nitrogens is 2. The quantitative estimate of drug-likeness (QED) is 0.892. The fraction of sp³-hybridized carbons (Fsp3) is 0.400. The van der Waals surface area contributed by atoms with Gasteiger partial charge in [-0.15, -0.1) is 0 Å². The van der Waals surface area contributed by atoms with E-state index in [4.69, 9.17) is 0 Å². The van der Waals surface area contributed by atoms with Gasteiger partial charge < -0.3 is 0 Å². The summed E-state index contributed by atoms with van der Waals surface area (Å²) in [6.45, 7) is 3.81. The Morgan fingerprint density at radius 1 is 1.29 bits per heavy atom. The normalized spacial score (nSPS) is 11.6. The molecule has 0 spiro atoms. The predicted molar refractivity (Wildman–Crippen MR) is 83.8 cm³/mol. The molecule has 0 atom stereocenters. The number of anilines is 1. The maximum absolute atomic E-state index is 12.5. The lowest BCUT2D eigenvalue weighted by Gasteiger charge is -2.12. The minimum Gasteiger partial charge on any atom is -0.279 e. The third-order valence-corrected chi connectivity index (χ3v) is 4.79. The summed E-state index contributed by atoms with van der Waals surface area (Å²) in [5.74, 6) is 0. The third kappa shape index (κ3) is 3.64. The molecule has 0 radical (unpaired) electrons. The van der Waals surface area contributed by atoms with Crippen molar-refractivity contribution in [2.45, 2.75) is 38.0 Å². The van der Waals surface area contributed by atoms with Gasteiger partial charge in [0.2, 0.25) is 0 Å². The number of hydrogen-bond acceptors (Lipinski definition) is 3. The zero-order chi connectivity index (χ0) is 15.5. The summed E-state index contributed by atoms with van der Waals surface area (Å²) in [5, 5.41) is 4.09. The van der Waals surface area contributed by atoms with Crippen molar-refractivity contribution in [1.82, 2.24) is 9.78 Å². The molecule has 1 N–H and O–H groups in total. The van der Waals surface area contributed by atoms with E-state index in [9.17, 15) is 8.42 Å². The largest absolute Gasteiger partial charge is 0.279 e. The number of nitrogens with zero attached hydrogens (tertiary/aromatic N) is 2. The van der Waals surface area contributed by atoms with Crippen LogP contribution in [-0.4, -0.2) is 18.2 Å². The van der Waals surface area contributed by atoms with Gasteiger partial charge in [-0.25, -0.2) is 8.42 Å². The fourth-order valence-corrected chi connectivity index (χ4v) is 3.57. The number of sulfonamides is 1. The van der Waals surface area contributed by atoms with Crippen molar-refractivity contribution in [3.05, 3.63) is 41.7 Å². The predicted octanol–water partition coefficient (Wildman–Crippen LogP) is 2.87. The molecule has 0 amide bonds. The van der Waals surface area contributed by atoms with Crippen molar-refractivity contribution in [3.63, 3.8) is 0 Å². The van der Waals surface area contributed by atoms with E-state index < -0.39 is 10.0 Å². The van der Waals surface area contributed by atoms with Crippen molar-refractivity contribution in [1.29, 1.82) is 0 Å². The van der Waals surface area contributed by atoms with Crippen LogP contribution in [0.5, 0.6) is 0 Å². The Morgan fingerprint density at radius 3 is 2.62 bits per heavy atom. The molecule has 0 aliphatic carbocycles. The molecule has 0 fully saturated rings. The van der Waals surface area contributed by atoms with Gasteiger partial charge in [-0.1, -0.05) is 31.5 Å². The highest BCUT2D eigenvalue weighted by atomic mass is 32.2. The van der Waals surface area contributed by atoms with Gasteiger partial charge in [-0.05, 0) is 31.4 Å². The molecule has 21 heavy (non-hydrogen) atoms. The lowest BCUT2D eigenvalue weighted by atomic mass is 10.1. The average molecular weight is 307 g/mol. The average Bonchev–Trinajstić information content (AvgIpc) is 2.77. The van der Waals surface area contributed by atoms with E-state index in [1.165, 1.54) is 10.9 Å². The summed E-state index contributed by atoms with van der Waals surface area (Å²) >= 11 is 0. The molecule has 114 valence electrons. The van der Waals surface area contributed by atoms with Crippen LogP contribution in [-0.2, 0) is 23.5 Å². The zero-order valence-electron chi connectivity index (χ0n) is 12.6. The summed E-state index contributed by atoms with van der Waals surface area (Å²) < 4.78 is 29.2. The van der Waals surface area contributed by atoms with E-state index in [2.05, 4.69) is 16.7 Å². The van der Waals surface area contributed by atoms with E-state index in [1.807, 2.05) is 18.2 Å².